The standard InChI is InChI=1S/C54H33NO2S/c1-3-14-34(15-4-1)35-26-28-37(29-27-35)51-52-43-20-8-11-24-47(43)56-49(52)33-44-40-31-30-38(32-48(40)57-53(44)51)55(45-22-10-7-18-39(45)36-16-5-2-6-17-36)46-23-13-21-42-41-19-9-12-25-50(41)58-54(42)46/h1-33H. The SMILES string of the molecule is c1ccc(-c2ccc(-c3c4oc5cc(N(c6ccccc6-c6ccccc6)c6cccc7c6sc6ccccc67)ccc5c4cc4oc5ccccc5c34)cc2)cc1. The highest BCUT2D eigenvalue weighted by molar-refractivity contribution is 7.26. The van der Waals surface area contributed by atoms with Crippen LogP contribution in [0.1, 0.15) is 0 Å². The van der Waals surface area contributed by atoms with E-state index in [0.717, 1.165) is 83.2 Å². The van der Waals surface area contributed by atoms with Crippen molar-refractivity contribution in [1.82, 2.24) is 0 Å². The van der Waals surface area contributed by atoms with Gasteiger partial charge < -0.3 is 13.7 Å². The molecule has 12 aromatic rings. The molecule has 0 radical (unpaired) electrons. The normalized spacial score (nSPS) is 11.8. The summed E-state index contributed by atoms with van der Waals surface area (Å²) in [5, 5.41) is 6.72. The molecule has 4 heteroatoms. The first-order valence-electron chi connectivity index (χ1n) is 19.6. The van der Waals surface area contributed by atoms with Crippen molar-refractivity contribution in [2.75, 3.05) is 4.90 Å². The van der Waals surface area contributed by atoms with Crippen LogP contribution in [0.5, 0.6) is 0 Å². The minimum atomic E-state index is 0.817. The van der Waals surface area contributed by atoms with Crippen LogP contribution < -0.4 is 4.90 Å². The van der Waals surface area contributed by atoms with E-state index in [2.05, 4.69) is 193 Å². The first-order valence-corrected chi connectivity index (χ1v) is 20.4. The van der Waals surface area contributed by atoms with Gasteiger partial charge in [0.25, 0.3) is 0 Å². The summed E-state index contributed by atoms with van der Waals surface area (Å²) in [6, 6.07) is 71.2. The molecule has 9 aromatic carbocycles. The Kier molecular flexibility index (Phi) is 7.40. The van der Waals surface area contributed by atoms with Gasteiger partial charge in [0, 0.05) is 59.9 Å². The lowest BCUT2D eigenvalue weighted by Crippen LogP contribution is -2.11. The number of thiophene rings is 1. The monoisotopic (exact) mass is 759 g/mol. The molecule has 0 unspecified atom stereocenters. The van der Waals surface area contributed by atoms with E-state index in [1.54, 1.807) is 0 Å². The van der Waals surface area contributed by atoms with Gasteiger partial charge in [0.15, 0.2) is 0 Å². The third-order valence-corrected chi connectivity index (χ3v) is 12.7. The Morgan fingerprint density at radius 2 is 1.03 bits per heavy atom. The molecule has 272 valence electrons. The largest absolute Gasteiger partial charge is 0.456 e. The lowest BCUT2D eigenvalue weighted by atomic mass is 9.95. The van der Waals surface area contributed by atoms with E-state index in [1.165, 1.54) is 31.3 Å². The average Bonchev–Trinajstić information content (AvgIpc) is 3.98. The quantitative estimate of drug-likeness (QED) is 0.169. The summed E-state index contributed by atoms with van der Waals surface area (Å²) in [5.74, 6) is 0. The zero-order valence-corrected chi connectivity index (χ0v) is 32.0. The zero-order valence-electron chi connectivity index (χ0n) is 31.2. The average molecular weight is 760 g/mol. The van der Waals surface area contributed by atoms with Crippen molar-refractivity contribution < 1.29 is 8.83 Å². The van der Waals surface area contributed by atoms with Gasteiger partial charge in [-0.15, -0.1) is 11.3 Å². The first-order chi connectivity index (χ1) is 28.8. The molecule has 0 saturated heterocycles. The second kappa shape index (κ2) is 13.1. The lowest BCUT2D eigenvalue weighted by molar-refractivity contribution is 0.664. The van der Waals surface area contributed by atoms with Crippen LogP contribution in [0.2, 0.25) is 0 Å². The summed E-state index contributed by atoms with van der Waals surface area (Å²) in [5.41, 5.74) is 13.4. The third kappa shape index (κ3) is 5.12. The van der Waals surface area contributed by atoms with Crippen molar-refractivity contribution in [2.45, 2.75) is 0 Å². The molecule has 0 aliphatic carbocycles. The molecule has 0 spiro atoms. The minimum Gasteiger partial charge on any atom is -0.456 e. The number of rotatable bonds is 6. The summed E-state index contributed by atoms with van der Waals surface area (Å²) in [7, 11) is 0. The Balaban J connectivity index is 1.11. The summed E-state index contributed by atoms with van der Waals surface area (Å²) in [4.78, 5) is 2.41. The highest BCUT2D eigenvalue weighted by Gasteiger charge is 2.24. The zero-order chi connectivity index (χ0) is 38.2. The predicted molar refractivity (Wildman–Crippen MR) is 245 cm³/mol. The molecule has 0 aliphatic rings. The van der Waals surface area contributed by atoms with Crippen LogP contribution in [0.25, 0.3) is 97.4 Å². The number of hydrogen-bond acceptors (Lipinski definition) is 4. The number of anilines is 3. The van der Waals surface area contributed by atoms with Crippen LogP contribution in [-0.4, -0.2) is 0 Å². The van der Waals surface area contributed by atoms with E-state index in [0.29, 0.717) is 0 Å². The van der Waals surface area contributed by atoms with Crippen LogP contribution in [0.15, 0.2) is 209 Å². The van der Waals surface area contributed by atoms with Gasteiger partial charge in [-0.3, -0.25) is 0 Å². The van der Waals surface area contributed by atoms with Crippen LogP contribution >= 0.6 is 11.3 Å². The lowest BCUT2D eigenvalue weighted by Gasteiger charge is -2.28. The van der Waals surface area contributed by atoms with E-state index in [4.69, 9.17) is 8.83 Å². The molecule has 0 amide bonds. The maximum Gasteiger partial charge on any atom is 0.144 e. The molecule has 0 saturated carbocycles. The Hall–Kier alpha value is -7.40. The second-order valence-corrected chi connectivity index (χ2v) is 15.8. The topological polar surface area (TPSA) is 29.5 Å². The molecular weight excluding hydrogens is 727 g/mol. The van der Waals surface area contributed by atoms with Gasteiger partial charge in [-0.05, 0) is 64.7 Å². The molecule has 0 N–H and O–H groups in total. The highest BCUT2D eigenvalue weighted by atomic mass is 32.1. The van der Waals surface area contributed by atoms with Gasteiger partial charge in [-0.25, -0.2) is 0 Å². The molecular formula is C54H33NO2S. The molecule has 0 atom stereocenters. The van der Waals surface area contributed by atoms with Crippen molar-refractivity contribution in [3.63, 3.8) is 0 Å². The molecule has 58 heavy (non-hydrogen) atoms. The number of fused-ring (bicyclic) bond motifs is 9. The Bertz CT molecular complexity index is 3500. The Morgan fingerprint density at radius 1 is 0.379 bits per heavy atom. The number of hydrogen-bond donors (Lipinski definition) is 0. The fourth-order valence-electron chi connectivity index (χ4n) is 8.82. The van der Waals surface area contributed by atoms with Crippen LogP contribution in [-0.2, 0) is 0 Å². The fourth-order valence-corrected chi connectivity index (χ4v) is 10.0. The van der Waals surface area contributed by atoms with Crippen molar-refractivity contribution in [3.8, 4) is 33.4 Å². The highest BCUT2D eigenvalue weighted by Crippen LogP contribution is 2.49. The van der Waals surface area contributed by atoms with Crippen LogP contribution in [0.3, 0.4) is 0 Å². The van der Waals surface area contributed by atoms with Gasteiger partial charge in [0.05, 0.1) is 16.1 Å². The third-order valence-electron chi connectivity index (χ3n) is 11.5. The summed E-state index contributed by atoms with van der Waals surface area (Å²) >= 11 is 1.84. The van der Waals surface area contributed by atoms with Gasteiger partial charge in [-0.1, -0.05) is 152 Å². The minimum absolute atomic E-state index is 0.817. The van der Waals surface area contributed by atoms with E-state index >= 15 is 0 Å². The summed E-state index contributed by atoms with van der Waals surface area (Å²) < 4.78 is 16.2. The second-order valence-electron chi connectivity index (χ2n) is 14.8. The number of benzene rings is 9. The van der Waals surface area contributed by atoms with Gasteiger partial charge in [0.1, 0.15) is 22.3 Å². The number of nitrogens with zero attached hydrogens (tertiary/aromatic N) is 1. The Morgan fingerprint density at radius 3 is 1.88 bits per heavy atom. The molecule has 12 rings (SSSR count). The smallest absolute Gasteiger partial charge is 0.144 e. The summed E-state index contributed by atoms with van der Waals surface area (Å²) in [6.07, 6.45) is 0. The van der Waals surface area contributed by atoms with Crippen LogP contribution in [0.4, 0.5) is 17.1 Å². The van der Waals surface area contributed by atoms with Crippen molar-refractivity contribution in [3.05, 3.63) is 200 Å². The van der Waals surface area contributed by atoms with E-state index in [-0.39, 0.29) is 0 Å². The maximum absolute atomic E-state index is 7.13. The molecule has 3 nitrogen and oxygen atoms in total. The molecule has 0 fully saturated rings. The van der Waals surface area contributed by atoms with Crippen LogP contribution in [0, 0.1) is 0 Å². The van der Waals surface area contributed by atoms with Gasteiger partial charge >= 0.3 is 0 Å². The molecule has 0 aliphatic heterocycles. The predicted octanol–water partition coefficient (Wildman–Crippen LogP) is 16.3. The van der Waals surface area contributed by atoms with E-state index < -0.39 is 0 Å². The molecule has 3 heterocycles. The number of para-hydroxylation sites is 2. The Labute approximate surface area is 338 Å². The fraction of sp³-hybridized carbons (Fsp3) is 0. The first kappa shape index (κ1) is 32.8. The van der Waals surface area contributed by atoms with Crippen molar-refractivity contribution >= 4 is 92.4 Å². The number of furan rings is 2. The van der Waals surface area contributed by atoms with E-state index in [9.17, 15) is 0 Å². The van der Waals surface area contributed by atoms with Gasteiger partial charge in [0.2, 0.25) is 0 Å². The van der Waals surface area contributed by atoms with Crippen molar-refractivity contribution in [1.29, 1.82) is 0 Å². The van der Waals surface area contributed by atoms with Crippen molar-refractivity contribution in [2.24, 2.45) is 0 Å². The maximum atomic E-state index is 7.13. The molecule has 0 bridgehead atoms. The molecule has 3 aromatic heterocycles. The summed E-state index contributed by atoms with van der Waals surface area (Å²) in [6.45, 7) is 0. The van der Waals surface area contributed by atoms with E-state index in [1.807, 2.05) is 23.5 Å². The van der Waals surface area contributed by atoms with Gasteiger partial charge in [-0.2, -0.15) is 0 Å².